The molecule has 5 heteroatoms. The third kappa shape index (κ3) is 2.54. The fraction of sp³-hybridized carbons (Fsp3) is 0.211. The number of rotatable bonds is 2. The van der Waals surface area contributed by atoms with Gasteiger partial charge in [0.15, 0.2) is 12.1 Å². The van der Waals surface area contributed by atoms with Crippen molar-refractivity contribution in [2.75, 3.05) is 7.11 Å². The lowest BCUT2D eigenvalue weighted by Crippen LogP contribution is -2.94. The quantitative estimate of drug-likeness (QED) is 0.666. The number of fused-ring (bicyclic) bond motifs is 3. The van der Waals surface area contributed by atoms with Crippen LogP contribution in [0.1, 0.15) is 22.9 Å². The molecular weight excluding hydrogens is 368 g/mol. The molecule has 1 aliphatic rings. The number of esters is 1. The van der Waals surface area contributed by atoms with Crippen molar-refractivity contribution in [3.8, 4) is 0 Å². The molecule has 4 rings (SSSR count). The van der Waals surface area contributed by atoms with Gasteiger partial charge in [-0.25, -0.2) is 4.79 Å². The number of benzene rings is 2. The van der Waals surface area contributed by atoms with Crippen LogP contribution in [0.2, 0.25) is 0 Å². The van der Waals surface area contributed by atoms with Crippen molar-refractivity contribution in [1.29, 1.82) is 0 Å². The summed E-state index contributed by atoms with van der Waals surface area (Å²) in [5.41, 5.74) is 4.68. The highest BCUT2D eigenvalue weighted by molar-refractivity contribution is 9.10. The summed E-state index contributed by atoms with van der Waals surface area (Å²) in [4.78, 5) is 15.8. The lowest BCUT2D eigenvalue weighted by molar-refractivity contribution is -0.712. The molecule has 2 atom stereocenters. The van der Waals surface area contributed by atoms with Gasteiger partial charge in [0.2, 0.25) is 0 Å². The fourth-order valence-corrected chi connectivity index (χ4v) is 3.85. The van der Waals surface area contributed by atoms with E-state index >= 15 is 0 Å². The molecule has 0 aliphatic carbocycles. The number of hydrogen-bond donors (Lipinski definition) is 2. The number of quaternary nitrogens is 1. The molecule has 3 aromatic rings. The van der Waals surface area contributed by atoms with E-state index < -0.39 is 0 Å². The number of nitrogens with two attached hydrogens (primary N) is 1. The van der Waals surface area contributed by atoms with E-state index in [-0.39, 0.29) is 18.1 Å². The molecular formula is C19H18BrN2O2+. The Hall–Kier alpha value is -2.11. The standard InChI is InChI=1S/C19H17BrN2O2/c1-24-19(23)16-10-14-13-4-2-3-5-15(13)21-18(14)17(22-16)11-6-8-12(20)9-7-11/h2-9,16-17,21-22H,10H2,1H3/p+1. The van der Waals surface area contributed by atoms with Crippen LogP contribution in [-0.4, -0.2) is 24.1 Å². The third-order valence-electron chi connectivity index (χ3n) is 4.74. The average molecular weight is 386 g/mol. The molecule has 2 aromatic carbocycles. The average Bonchev–Trinajstić information content (AvgIpc) is 2.99. The molecule has 2 heterocycles. The number of nitrogens with one attached hydrogen (secondary N) is 1. The number of ether oxygens (including phenoxy) is 1. The Bertz CT molecular complexity index is 901. The second-order valence-corrected chi connectivity index (χ2v) is 7.03. The smallest absolute Gasteiger partial charge is 0.364 e. The van der Waals surface area contributed by atoms with Crippen LogP contribution >= 0.6 is 15.9 Å². The lowest BCUT2D eigenvalue weighted by Gasteiger charge is -2.27. The third-order valence-corrected chi connectivity index (χ3v) is 5.27. The Kier molecular flexibility index (Phi) is 3.90. The number of carbonyl (C=O) groups is 1. The zero-order chi connectivity index (χ0) is 16.7. The first kappa shape index (κ1) is 15.4. The van der Waals surface area contributed by atoms with Gasteiger partial charge in [-0.05, 0) is 23.8 Å². The minimum Gasteiger partial charge on any atom is -0.465 e. The summed E-state index contributed by atoms with van der Waals surface area (Å²) >= 11 is 3.48. The van der Waals surface area contributed by atoms with Crippen LogP contribution in [0.5, 0.6) is 0 Å². The zero-order valence-corrected chi connectivity index (χ0v) is 14.8. The van der Waals surface area contributed by atoms with E-state index in [1.54, 1.807) is 0 Å². The summed E-state index contributed by atoms with van der Waals surface area (Å²) in [7, 11) is 1.45. The van der Waals surface area contributed by atoms with Gasteiger partial charge in [-0.3, -0.25) is 0 Å². The molecule has 2 unspecified atom stereocenters. The number of carbonyl (C=O) groups excluding carboxylic acids is 1. The maximum Gasteiger partial charge on any atom is 0.364 e. The maximum absolute atomic E-state index is 12.2. The lowest BCUT2D eigenvalue weighted by atomic mass is 9.90. The molecule has 4 nitrogen and oxygen atoms in total. The minimum absolute atomic E-state index is 0.0540. The predicted molar refractivity (Wildman–Crippen MR) is 95.7 cm³/mol. The van der Waals surface area contributed by atoms with Crippen molar-refractivity contribution >= 4 is 32.8 Å². The van der Waals surface area contributed by atoms with Crippen molar-refractivity contribution in [3.05, 3.63) is 69.8 Å². The van der Waals surface area contributed by atoms with Crippen LogP contribution in [0.3, 0.4) is 0 Å². The second-order valence-electron chi connectivity index (χ2n) is 6.12. The molecule has 0 spiro atoms. The Morgan fingerprint density at radius 2 is 1.96 bits per heavy atom. The first-order valence-electron chi connectivity index (χ1n) is 7.95. The van der Waals surface area contributed by atoms with Crippen molar-refractivity contribution in [2.24, 2.45) is 0 Å². The van der Waals surface area contributed by atoms with Crippen molar-refractivity contribution in [2.45, 2.75) is 18.5 Å². The number of aromatic nitrogens is 1. The number of hydrogen-bond acceptors (Lipinski definition) is 2. The van der Waals surface area contributed by atoms with Crippen molar-refractivity contribution in [1.82, 2.24) is 4.98 Å². The van der Waals surface area contributed by atoms with Gasteiger partial charge in [-0.2, -0.15) is 0 Å². The van der Waals surface area contributed by atoms with Crippen LogP contribution in [0, 0.1) is 0 Å². The summed E-state index contributed by atoms with van der Waals surface area (Å²) in [6.45, 7) is 0. The van der Waals surface area contributed by atoms with E-state index in [2.05, 4.69) is 50.5 Å². The summed E-state index contributed by atoms with van der Waals surface area (Å²) in [6.07, 6.45) is 0.680. The Labute approximate surface area is 148 Å². The van der Waals surface area contributed by atoms with Gasteiger partial charge in [0.25, 0.3) is 0 Å². The molecule has 0 bridgehead atoms. The Morgan fingerprint density at radius 1 is 1.21 bits per heavy atom. The molecule has 1 aliphatic heterocycles. The molecule has 0 fully saturated rings. The van der Waals surface area contributed by atoms with Gasteiger partial charge in [0.1, 0.15) is 0 Å². The van der Waals surface area contributed by atoms with E-state index in [0.717, 1.165) is 9.99 Å². The molecule has 0 saturated carbocycles. The summed E-state index contributed by atoms with van der Waals surface area (Å²) in [6, 6.07) is 16.4. The molecule has 0 amide bonds. The topological polar surface area (TPSA) is 58.7 Å². The number of para-hydroxylation sites is 1. The highest BCUT2D eigenvalue weighted by Crippen LogP contribution is 2.32. The van der Waals surface area contributed by atoms with Crippen LogP contribution < -0.4 is 5.32 Å². The van der Waals surface area contributed by atoms with Crippen LogP contribution in [0.15, 0.2) is 53.0 Å². The van der Waals surface area contributed by atoms with Gasteiger partial charge >= 0.3 is 5.97 Å². The Morgan fingerprint density at radius 3 is 2.71 bits per heavy atom. The zero-order valence-electron chi connectivity index (χ0n) is 13.3. The van der Waals surface area contributed by atoms with Crippen molar-refractivity contribution < 1.29 is 14.8 Å². The molecule has 24 heavy (non-hydrogen) atoms. The van der Waals surface area contributed by atoms with Crippen LogP contribution in [0.25, 0.3) is 10.9 Å². The fourth-order valence-electron chi connectivity index (χ4n) is 3.58. The Balaban J connectivity index is 1.86. The first-order valence-corrected chi connectivity index (χ1v) is 8.74. The van der Waals surface area contributed by atoms with Crippen molar-refractivity contribution in [3.63, 3.8) is 0 Å². The first-order chi connectivity index (χ1) is 11.7. The predicted octanol–water partition coefficient (Wildman–Crippen LogP) is 2.68. The van der Waals surface area contributed by atoms with E-state index in [1.165, 1.54) is 29.3 Å². The highest BCUT2D eigenvalue weighted by Gasteiger charge is 2.38. The second kappa shape index (κ2) is 6.07. The number of aromatic amines is 1. The molecule has 0 radical (unpaired) electrons. The molecule has 0 saturated heterocycles. The van der Waals surface area contributed by atoms with Gasteiger partial charge in [0, 0.05) is 27.4 Å². The minimum atomic E-state index is -0.227. The van der Waals surface area contributed by atoms with Gasteiger partial charge in [-0.15, -0.1) is 0 Å². The number of H-pyrrole nitrogens is 1. The van der Waals surface area contributed by atoms with E-state index in [0.29, 0.717) is 6.42 Å². The van der Waals surface area contributed by atoms with Crippen LogP contribution in [0.4, 0.5) is 0 Å². The monoisotopic (exact) mass is 385 g/mol. The summed E-state index contributed by atoms with van der Waals surface area (Å²) in [5.74, 6) is -0.173. The SMILES string of the molecule is COC(=O)C1Cc2c([nH]c3ccccc23)C(c2ccc(Br)cc2)[NH2+]1. The van der Waals surface area contributed by atoms with Gasteiger partial charge < -0.3 is 15.0 Å². The largest absolute Gasteiger partial charge is 0.465 e. The summed E-state index contributed by atoms with van der Waals surface area (Å²) < 4.78 is 6.05. The van der Waals surface area contributed by atoms with Gasteiger partial charge in [-0.1, -0.05) is 46.3 Å². The summed E-state index contributed by atoms with van der Waals surface area (Å²) in [5, 5.41) is 3.30. The number of methoxy groups -OCH3 is 1. The molecule has 122 valence electrons. The van der Waals surface area contributed by atoms with E-state index in [1.807, 2.05) is 24.3 Å². The van der Waals surface area contributed by atoms with Crippen LogP contribution in [-0.2, 0) is 16.0 Å². The van der Waals surface area contributed by atoms with Gasteiger partial charge in [0.05, 0.1) is 12.8 Å². The normalized spacial score (nSPS) is 19.9. The van der Waals surface area contributed by atoms with E-state index in [9.17, 15) is 4.79 Å². The highest BCUT2D eigenvalue weighted by atomic mass is 79.9. The maximum atomic E-state index is 12.2. The van der Waals surface area contributed by atoms with E-state index in [4.69, 9.17) is 4.74 Å². The molecule has 3 N–H and O–H groups in total. The molecule has 1 aromatic heterocycles. The number of halogens is 1.